The third-order valence-electron chi connectivity index (χ3n) is 3.58. The smallest absolute Gasteiger partial charge is 0.0898 e. The van der Waals surface area contributed by atoms with Crippen LogP contribution in [0.5, 0.6) is 0 Å². The topological polar surface area (TPSA) is 37.1 Å². The Morgan fingerprint density at radius 3 is 2.29 bits per heavy atom. The molecular weight excluding hydrogens is 258 g/mol. The highest BCUT2D eigenvalue weighted by molar-refractivity contribution is 5.41. The lowest BCUT2D eigenvalue weighted by Gasteiger charge is -2.12. The molecular formula is C18H31N3. The van der Waals surface area contributed by atoms with E-state index in [2.05, 4.69) is 62.0 Å². The summed E-state index contributed by atoms with van der Waals surface area (Å²) in [5.74, 6) is 0.432. The van der Waals surface area contributed by atoms with Gasteiger partial charge in [-0.3, -0.25) is 4.99 Å². The Bertz CT molecular complexity index is 389. The summed E-state index contributed by atoms with van der Waals surface area (Å²) in [4.78, 5) is 12.4. The first-order valence-corrected chi connectivity index (χ1v) is 7.97. The van der Waals surface area contributed by atoms with Gasteiger partial charge in [-0.2, -0.15) is 0 Å². The van der Waals surface area contributed by atoms with E-state index in [4.69, 9.17) is 0 Å². The molecule has 0 aliphatic heterocycles. The number of unbranched alkanes of at least 4 members (excludes halogenated alkanes) is 1. The molecule has 0 radical (unpaired) electrons. The third kappa shape index (κ3) is 10.9. The Morgan fingerprint density at radius 2 is 1.71 bits per heavy atom. The van der Waals surface area contributed by atoms with E-state index < -0.39 is 0 Å². The summed E-state index contributed by atoms with van der Waals surface area (Å²) in [7, 11) is 0. The first kappa shape index (κ1) is 19.5. The van der Waals surface area contributed by atoms with E-state index in [-0.39, 0.29) is 6.04 Å². The zero-order valence-corrected chi connectivity index (χ0v) is 14.2. The summed E-state index contributed by atoms with van der Waals surface area (Å²) in [6, 6.07) is 3.45. The zero-order valence-electron chi connectivity index (χ0n) is 14.2. The van der Waals surface area contributed by atoms with E-state index in [0.29, 0.717) is 12.0 Å². The molecule has 3 unspecified atom stereocenters. The molecule has 0 aromatic rings. The monoisotopic (exact) mass is 289 g/mol. The van der Waals surface area contributed by atoms with Crippen molar-refractivity contribution in [1.82, 2.24) is 0 Å². The molecule has 0 N–H and O–H groups in total. The average Bonchev–Trinajstić information content (AvgIpc) is 2.47. The van der Waals surface area contributed by atoms with Crippen molar-refractivity contribution in [3.8, 4) is 0 Å². The van der Waals surface area contributed by atoms with Crippen LogP contribution in [0.1, 0.15) is 59.8 Å². The standard InChI is InChI=1S/C18H31N3/c1-7-8-9-17(4)20-14-21-18(5)11-10-15(2)16(3)12-13-19-6/h12-13,15,17-18H,3,6-11H2,1-2,4-5H3/b13-12-. The molecule has 3 heteroatoms. The fraction of sp³-hybridized carbons (Fsp3) is 0.667. The Hall–Kier alpha value is -1.47. The van der Waals surface area contributed by atoms with Crippen LogP contribution in [0.2, 0.25) is 0 Å². The summed E-state index contributed by atoms with van der Waals surface area (Å²) in [5.41, 5.74) is 1.08. The predicted octanol–water partition coefficient (Wildman–Crippen LogP) is 5.31. The molecule has 0 rings (SSSR count). The second-order valence-electron chi connectivity index (χ2n) is 5.75. The SMILES string of the molecule is C=N/C=C\C(=C)C(C)CCC(C)N=C=NC(C)CCCC. The van der Waals surface area contributed by atoms with Crippen LogP contribution in [-0.2, 0) is 0 Å². The Kier molecular flexibility index (Phi) is 11.4. The van der Waals surface area contributed by atoms with Crippen molar-refractivity contribution in [2.75, 3.05) is 0 Å². The summed E-state index contributed by atoms with van der Waals surface area (Å²) < 4.78 is 0. The van der Waals surface area contributed by atoms with Crippen LogP contribution in [0, 0.1) is 5.92 Å². The first-order chi connectivity index (χ1) is 10.0. The number of hydrogen-bond donors (Lipinski definition) is 0. The summed E-state index contributed by atoms with van der Waals surface area (Å²) >= 11 is 0. The van der Waals surface area contributed by atoms with Crippen LogP contribution in [-0.4, -0.2) is 24.8 Å². The zero-order chi connectivity index (χ0) is 16.1. The summed E-state index contributed by atoms with van der Waals surface area (Å²) in [5, 5.41) is 0. The highest BCUT2D eigenvalue weighted by Crippen LogP contribution is 2.18. The van der Waals surface area contributed by atoms with Gasteiger partial charge in [0.1, 0.15) is 0 Å². The minimum Gasteiger partial charge on any atom is -0.273 e. The molecule has 3 nitrogen and oxygen atoms in total. The van der Waals surface area contributed by atoms with E-state index in [1.807, 2.05) is 6.08 Å². The van der Waals surface area contributed by atoms with Crippen molar-refractivity contribution in [2.45, 2.75) is 71.9 Å². The molecule has 21 heavy (non-hydrogen) atoms. The van der Waals surface area contributed by atoms with Gasteiger partial charge in [-0.05, 0) is 51.8 Å². The van der Waals surface area contributed by atoms with Gasteiger partial charge in [0.05, 0.1) is 18.1 Å². The first-order valence-electron chi connectivity index (χ1n) is 7.97. The van der Waals surface area contributed by atoms with E-state index in [1.54, 1.807) is 6.20 Å². The van der Waals surface area contributed by atoms with Crippen molar-refractivity contribution < 1.29 is 0 Å². The summed E-state index contributed by atoms with van der Waals surface area (Å²) in [6.07, 6.45) is 9.22. The predicted molar refractivity (Wildman–Crippen MR) is 94.5 cm³/mol. The van der Waals surface area contributed by atoms with Crippen molar-refractivity contribution in [2.24, 2.45) is 20.9 Å². The Morgan fingerprint density at radius 1 is 1.10 bits per heavy atom. The second kappa shape index (κ2) is 12.3. The van der Waals surface area contributed by atoms with Gasteiger partial charge in [0.15, 0.2) is 0 Å². The van der Waals surface area contributed by atoms with Gasteiger partial charge >= 0.3 is 0 Å². The number of aliphatic imine (C=N–C) groups is 3. The van der Waals surface area contributed by atoms with Gasteiger partial charge in [-0.15, -0.1) is 0 Å². The summed E-state index contributed by atoms with van der Waals surface area (Å²) in [6.45, 7) is 16.1. The maximum absolute atomic E-state index is 4.37. The van der Waals surface area contributed by atoms with Gasteiger partial charge in [0.2, 0.25) is 0 Å². The van der Waals surface area contributed by atoms with E-state index in [9.17, 15) is 0 Å². The normalized spacial score (nSPS) is 15.0. The third-order valence-corrected chi connectivity index (χ3v) is 3.58. The number of rotatable bonds is 11. The molecule has 0 aromatic heterocycles. The lowest BCUT2D eigenvalue weighted by molar-refractivity contribution is 0.540. The average molecular weight is 289 g/mol. The molecule has 0 heterocycles. The highest BCUT2D eigenvalue weighted by atomic mass is 14.8. The van der Waals surface area contributed by atoms with Crippen LogP contribution in [0.15, 0.2) is 39.4 Å². The maximum Gasteiger partial charge on any atom is 0.0898 e. The van der Waals surface area contributed by atoms with Crippen molar-refractivity contribution in [3.63, 3.8) is 0 Å². The van der Waals surface area contributed by atoms with E-state index in [0.717, 1.165) is 24.8 Å². The fourth-order valence-corrected chi connectivity index (χ4v) is 1.85. The van der Waals surface area contributed by atoms with Crippen molar-refractivity contribution in [3.05, 3.63) is 24.4 Å². The molecule has 0 bridgehead atoms. The molecule has 0 spiro atoms. The van der Waals surface area contributed by atoms with Gasteiger partial charge in [0, 0.05) is 6.20 Å². The van der Waals surface area contributed by atoms with Gasteiger partial charge < -0.3 is 0 Å². The van der Waals surface area contributed by atoms with Crippen LogP contribution < -0.4 is 0 Å². The lowest BCUT2D eigenvalue weighted by Crippen LogP contribution is -2.04. The Labute approximate surface area is 130 Å². The van der Waals surface area contributed by atoms with Crippen LogP contribution in [0.4, 0.5) is 0 Å². The van der Waals surface area contributed by atoms with Crippen LogP contribution >= 0.6 is 0 Å². The molecule has 0 aliphatic carbocycles. The maximum atomic E-state index is 4.37. The second-order valence-corrected chi connectivity index (χ2v) is 5.75. The molecule has 0 aliphatic rings. The van der Waals surface area contributed by atoms with E-state index in [1.165, 1.54) is 12.8 Å². The largest absolute Gasteiger partial charge is 0.273 e. The molecule has 0 aromatic carbocycles. The van der Waals surface area contributed by atoms with Crippen LogP contribution in [0.3, 0.4) is 0 Å². The molecule has 0 fully saturated rings. The number of nitrogens with zero attached hydrogens (tertiary/aromatic N) is 3. The lowest BCUT2D eigenvalue weighted by atomic mass is 9.95. The molecule has 0 amide bonds. The number of allylic oxidation sites excluding steroid dienone is 2. The fourth-order valence-electron chi connectivity index (χ4n) is 1.85. The molecule has 0 saturated heterocycles. The quantitative estimate of drug-likeness (QED) is 0.365. The molecule has 118 valence electrons. The molecule has 0 saturated carbocycles. The van der Waals surface area contributed by atoms with Crippen LogP contribution in [0.25, 0.3) is 0 Å². The number of hydrogen-bond acceptors (Lipinski definition) is 3. The van der Waals surface area contributed by atoms with Crippen molar-refractivity contribution in [1.29, 1.82) is 0 Å². The van der Waals surface area contributed by atoms with Gasteiger partial charge in [-0.25, -0.2) is 9.98 Å². The van der Waals surface area contributed by atoms with Gasteiger partial charge in [0.25, 0.3) is 0 Å². The van der Waals surface area contributed by atoms with E-state index >= 15 is 0 Å². The Balaban J connectivity index is 4.11. The minimum atomic E-state index is 0.254. The van der Waals surface area contributed by atoms with Crippen molar-refractivity contribution >= 4 is 12.7 Å². The highest BCUT2D eigenvalue weighted by Gasteiger charge is 2.07. The molecule has 3 atom stereocenters. The minimum absolute atomic E-state index is 0.254. The van der Waals surface area contributed by atoms with Gasteiger partial charge in [-0.1, -0.05) is 38.8 Å².